The van der Waals surface area contributed by atoms with Gasteiger partial charge in [-0.2, -0.15) is 4.98 Å². The van der Waals surface area contributed by atoms with Crippen molar-refractivity contribution < 1.29 is 28.9 Å². The standard InChI is InChI=1S/C35H43N5O7/c1-34(2,3)22-10-7-21(8-11-22)9-16-27(42)37-33-38-31-30(32(44)39-33)36-20-40(31)28-17-25(26(18-41)46-28)47-29(43)19-45-24-14-12-23(13-15-24)35(4,5)6/h7-8,10-15,20,25-26,28,41H,9,16-19H2,1-6H3,(H2,37,38,39,42,44)/t25?,26-,28-/m1/s1. The van der Waals surface area contributed by atoms with Crippen LogP contribution in [0.3, 0.4) is 0 Å². The van der Waals surface area contributed by atoms with Gasteiger partial charge in [0, 0.05) is 12.8 Å². The Balaban J connectivity index is 1.20. The Hall–Kier alpha value is -4.55. The number of aromatic amines is 1. The molecule has 250 valence electrons. The van der Waals surface area contributed by atoms with Gasteiger partial charge in [-0.1, -0.05) is 77.9 Å². The summed E-state index contributed by atoms with van der Waals surface area (Å²) in [6.07, 6.45) is -0.0476. The molecule has 5 rings (SSSR count). The molecule has 3 heterocycles. The van der Waals surface area contributed by atoms with Crippen molar-refractivity contribution in [3.05, 3.63) is 81.9 Å². The number of nitrogens with zero attached hydrogens (tertiary/aromatic N) is 3. The maximum absolute atomic E-state index is 12.8. The largest absolute Gasteiger partial charge is 0.482 e. The molecule has 0 bridgehead atoms. The van der Waals surface area contributed by atoms with Gasteiger partial charge in [0.25, 0.3) is 5.56 Å². The minimum atomic E-state index is -0.814. The van der Waals surface area contributed by atoms with Crippen molar-refractivity contribution in [1.82, 2.24) is 19.5 Å². The maximum atomic E-state index is 12.8. The zero-order chi connectivity index (χ0) is 33.9. The van der Waals surface area contributed by atoms with Gasteiger partial charge in [0.2, 0.25) is 11.9 Å². The Morgan fingerprint density at radius 3 is 2.28 bits per heavy atom. The summed E-state index contributed by atoms with van der Waals surface area (Å²) in [5, 5.41) is 12.6. The lowest BCUT2D eigenvalue weighted by Gasteiger charge is -2.19. The molecule has 0 radical (unpaired) electrons. The molecule has 0 spiro atoms. The molecule has 1 saturated heterocycles. The SMILES string of the molecule is CC(C)(C)c1ccc(CCC(=O)Nc2nc3c(ncn3[C@H]3CC(OC(=O)COc4ccc(C(C)(C)C)cc4)[C@@H](CO)O3)c(=O)[nH]2)cc1. The third-order valence-electron chi connectivity index (χ3n) is 8.18. The fourth-order valence-corrected chi connectivity index (χ4v) is 5.38. The Kier molecular flexibility index (Phi) is 9.83. The predicted molar refractivity (Wildman–Crippen MR) is 176 cm³/mol. The Labute approximate surface area is 273 Å². The van der Waals surface area contributed by atoms with E-state index in [1.807, 2.05) is 24.3 Å². The number of H-pyrrole nitrogens is 1. The third-order valence-corrected chi connectivity index (χ3v) is 8.18. The molecule has 1 aliphatic heterocycles. The molecule has 1 fully saturated rings. The van der Waals surface area contributed by atoms with Gasteiger partial charge in [0.1, 0.15) is 24.2 Å². The van der Waals surface area contributed by atoms with E-state index in [1.165, 1.54) is 16.5 Å². The van der Waals surface area contributed by atoms with Gasteiger partial charge in [-0.15, -0.1) is 0 Å². The highest BCUT2D eigenvalue weighted by molar-refractivity contribution is 5.89. The normalized spacial score (nSPS) is 18.3. The molecule has 1 amide bonds. The van der Waals surface area contributed by atoms with Crippen molar-refractivity contribution >= 4 is 29.0 Å². The van der Waals surface area contributed by atoms with Gasteiger partial charge in [0.15, 0.2) is 17.8 Å². The van der Waals surface area contributed by atoms with E-state index >= 15 is 0 Å². The fraction of sp³-hybridized carbons (Fsp3) is 0.457. The van der Waals surface area contributed by atoms with Crippen LogP contribution in [0.4, 0.5) is 5.95 Å². The second-order valence-electron chi connectivity index (χ2n) is 13.9. The lowest BCUT2D eigenvalue weighted by molar-refractivity contribution is -0.155. The summed E-state index contributed by atoms with van der Waals surface area (Å²) in [6, 6.07) is 15.7. The first kappa shape index (κ1) is 33.8. The topological polar surface area (TPSA) is 158 Å². The van der Waals surface area contributed by atoms with Crippen molar-refractivity contribution in [2.45, 2.75) is 90.1 Å². The fourth-order valence-electron chi connectivity index (χ4n) is 5.38. The summed E-state index contributed by atoms with van der Waals surface area (Å²) in [7, 11) is 0. The molecular formula is C35H43N5O7. The zero-order valence-electron chi connectivity index (χ0n) is 27.7. The van der Waals surface area contributed by atoms with Crippen LogP contribution < -0.4 is 15.6 Å². The van der Waals surface area contributed by atoms with E-state index < -0.39 is 36.6 Å². The molecule has 0 saturated carbocycles. The number of ether oxygens (including phenoxy) is 3. The smallest absolute Gasteiger partial charge is 0.344 e. The Morgan fingerprint density at radius 1 is 1.02 bits per heavy atom. The minimum Gasteiger partial charge on any atom is -0.482 e. The van der Waals surface area contributed by atoms with E-state index in [2.05, 4.69) is 73.9 Å². The quantitative estimate of drug-likeness (QED) is 0.210. The number of hydrogen-bond acceptors (Lipinski definition) is 9. The van der Waals surface area contributed by atoms with Gasteiger partial charge in [-0.25, -0.2) is 9.78 Å². The van der Waals surface area contributed by atoms with E-state index in [-0.39, 0.29) is 53.3 Å². The molecule has 1 unspecified atom stereocenters. The number of aliphatic hydroxyl groups excluding tert-OH is 1. The predicted octanol–water partition coefficient (Wildman–Crippen LogP) is 4.56. The first-order chi connectivity index (χ1) is 22.2. The number of aryl methyl sites for hydroxylation is 1. The van der Waals surface area contributed by atoms with E-state index in [9.17, 15) is 19.5 Å². The molecular weight excluding hydrogens is 602 g/mol. The van der Waals surface area contributed by atoms with Gasteiger partial charge in [-0.05, 0) is 46.1 Å². The number of carbonyl (C=O) groups is 2. The van der Waals surface area contributed by atoms with Crippen LogP contribution in [-0.4, -0.2) is 61.9 Å². The van der Waals surface area contributed by atoms with Gasteiger partial charge in [0.05, 0.1) is 12.9 Å². The Morgan fingerprint density at radius 2 is 1.66 bits per heavy atom. The molecule has 1 aliphatic rings. The number of nitrogens with one attached hydrogen (secondary N) is 2. The number of aliphatic hydroxyl groups is 1. The first-order valence-electron chi connectivity index (χ1n) is 15.8. The van der Waals surface area contributed by atoms with E-state index in [0.29, 0.717) is 12.2 Å². The molecule has 3 N–H and O–H groups in total. The number of carbonyl (C=O) groups excluding carboxylic acids is 2. The highest BCUT2D eigenvalue weighted by atomic mass is 16.6. The number of anilines is 1. The molecule has 4 aromatic rings. The van der Waals surface area contributed by atoms with Crippen LogP contribution in [0.15, 0.2) is 59.7 Å². The van der Waals surface area contributed by atoms with Crippen molar-refractivity contribution in [3.8, 4) is 5.75 Å². The molecule has 2 aromatic heterocycles. The maximum Gasteiger partial charge on any atom is 0.344 e. The summed E-state index contributed by atoms with van der Waals surface area (Å²) < 4.78 is 18.7. The lowest BCUT2D eigenvalue weighted by atomic mass is 9.86. The zero-order valence-corrected chi connectivity index (χ0v) is 27.7. The number of rotatable bonds is 10. The average Bonchev–Trinajstić information content (AvgIpc) is 3.62. The summed E-state index contributed by atoms with van der Waals surface area (Å²) in [5.41, 5.74) is 3.12. The van der Waals surface area contributed by atoms with Crippen molar-refractivity contribution in [2.75, 3.05) is 18.5 Å². The van der Waals surface area contributed by atoms with Crippen molar-refractivity contribution in [3.63, 3.8) is 0 Å². The number of benzene rings is 2. The summed E-state index contributed by atoms with van der Waals surface area (Å²) in [4.78, 5) is 49.4. The average molecular weight is 646 g/mol. The third kappa shape index (κ3) is 8.25. The summed E-state index contributed by atoms with van der Waals surface area (Å²) in [5.74, 6) is -0.411. The number of fused-ring (bicyclic) bond motifs is 1. The van der Waals surface area contributed by atoms with Crippen molar-refractivity contribution in [1.29, 1.82) is 0 Å². The van der Waals surface area contributed by atoms with Crippen LogP contribution >= 0.6 is 0 Å². The van der Waals surface area contributed by atoms with E-state index in [0.717, 1.165) is 11.1 Å². The second kappa shape index (κ2) is 13.7. The summed E-state index contributed by atoms with van der Waals surface area (Å²) in [6.45, 7) is 12.1. The molecule has 47 heavy (non-hydrogen) atoms. The number of hydrogen-bond donors (Lipinski definition) is 3. The highest BCUT2D eigenvalue weighted by Crippen LogP contribution is 2.32. The van der Waals surface area contributed by atoms with Gasteiger partial charge in [-0.3, -0.25) is 24.5 Å². The van der Waals surface area contributed by atoms with Crippen LogP contribution in [0.1, 0.15) is 77.3 Å². The van der Waals surface area contributed by atoms with Crippen LogP contribution in [-0.2, 0) is 36.3 Å². The molecule has 12 heteroatoms. The van der Waals surface area contributed by atoms with Crippen LogP contribution in [0, 0.1) is 0 Å². The number of imidazole rings is 1. The molecule has 2 aromatic carbocycles. The second-order valence-corrected chi connectivity index (χ2v) is 13.9. The lowest BCUT2D eigenvalue weighted by Crippen LogP contribution is -2.31. The minimum absolute atomic E-state index is 0.00532. The number of amides is 1. The number of aromatic nitrogens is 4. The van der Waals surface area contributed by atoms with E-state index in [4.69, 9.17) is 14.2 Å². The van der Waals surface area contributed by atoms with Crippen LogP contribution in [0.2, 0.25) is 0 Å². The monoisotopic (exact) mass is 645 g/mol. The van der Waals surface area contributed by atoms with Crippen LogP contribution in [0.25, 0.3) is 11.2 Å². The molecule has 0 aliphatic carbocycles. The van der Waals surface area contributed by atoms with E-state index in [1.54, 1.807) is 12.1 Å². The highest BCUT2D eigenvalue weighted by Gasteiger charge is 2.39. The number of esters is 1. The summed E-state index contributed by atoms with van der Waals surface area (Å²) >= 11 is 0. The van der Waals surface area contributed by atoms with Gasteiger partial charge >= 0.3 is 5.97 Å². The molecule has 12 nitrogen and oxygen atoms in total. The Bertz CT molecular complexity index is 1770. The first-order valence-corrected chi connectivity index (χ1v) is 15.8. The molecule has 3 atom stereocenters. The van der Waals surface area contributed by atoms with Crippen molar-refractivity contribution in [2.24, 2.45) is 0 Å². The van der Waals surface area contributed by atoms with Gasteiger partial charge < -0.3 is 19.3 Å². The van der Waals surface area contributed by atoms with Crippen LogP contribution in [0.5, 0.6) is 5.75 Å².